The highest BCUT2D eigenvalue weighted by Crippen LogP contribution is 2.05. The first-order valence-corrected chi connectivity index (χ1v) is 4.41. The minimum Gasteiger partial charge on any atom is -0.352 e. The second-order valence-corrected chi connectivity index (χ2v) is 3.42. The average Bonchev–Trinajstić information content (AvgIpc) is 2.08. The third-order valence-electron chi connectivity index (χ3n) is 1.89. The van der Waals surface area contributed by atoms with E-state index >= 15 is 0 Å². The quantitative estimate of drug-likeness (QED) is 0.460. The van der Waals surface area contributed by atoms with Gasteiger partial charge in [-0.3, -0.25) is 0 Å². The Morgan fingerprint density at radius 3 is 2.79 bits per heavy atom. The van der Waals surface area contributed by atoms with Crippen molar-refractivity contribution in [3.05, 3.63) is 16.3 Å². The van der Waals surface area contributed by atoms with Crippen LogP contribution in [0.4, 0.5) is 0 Å². The van der Waals surface area contributed by atoms with Gasteiger partial charge < -0.3 is 4.98 Å². The number of aromatic nitrogens is 3. The van der Waals surface area contributed by atoms with E-state index in [4.69, 9.17) is 27.9 Å². The molecule has 2 rings (SSSR count). The smallest absolute Gasteiger partial charge is 0.156 e. The molecule has 14 heavy (non-hydrogen) atoms. The van der Waals surface area contributed by atoms with Gasteiger partial charge in [0.15, 0.2) is 5.65 Å². The summed E-state index contributed by atoms with van der Waals surface area (Å²) in [5.74, 6) is 0. The van der Waals surface area contributed by atoms with Gasteiger partial charge in [0, 0.05) is 11.3 Å². The standard InChI is InChI=1S/C8H5B2N3S/c1-3-7(10)13-8-6(11-3)4(14)2-5(9)12-8/h2H,1H3,(H,12,13,14). The Bertz CT molecular complexity index is 564. The molecule has 1 N–H and O–H groups in total. The number of H-pyrrole nitrogens is 1. The van der Waals surface area contributed by atoms with Crippen molar-refractivity contribution in [2.24, 2.45) is 0 Å². The number of hydrogen-bond acceptors (Lipinski definition) is 3. The summed E-state index contributed by atoms with van der Waals surface area (Å²) >= 11 is 5.10. The van der Waals surface area contributed by atoms with Crippen molar-refractivity contribution in [3.63, 3.8) is 0 Å². The molecule has 64 valence electrons. The number of nitrogens with one attached hydrogen (secondary N) is 1. The summed E-state index contributed by atoms with van der Waals surface area (Å²) in [6.07, 6.45) is 0. The molecule has 0 unspecified atom stereocenters. The Morgan fingerprint density at radius 1 is 1.36 bits per heavy atom. The number of aromatic amines is 1. The average molecular weight is 197 g/mol. The molecule has 0 saturated heterocycles. The minimum atomic E-state index is 0.383. The molecule has 4 radical (unpaired) electrons. The van der Waals surface area contributed by atoms with E-state index in [-0.39, 0.29) is 0 Å². The first-order valence-electron chi connectivity index (χ1n) is 4.00. The van der Waals surface area contributed by atoms with Crippen LogP contribution in [0, 0.1) is 11.4 Å². The summed E-state index contributed by atoms with van der Waals surface area (Å²) in [5, 5.41) is 0. The zero-order valence-corrected chi connectivity index (χ0v) is 8.35. The van der Waals surface area contributed by atoms with Gasteiger partial charge in [0.25, 0.3) is 0 Å². The Kier molecular flexibility index (Phi) is 2.15. The number of hydrogen-bond donors (Lipinski definition) is 1. The summed E-state index contributed by atoms with van der Waals surface area (Å²) in [5.41, 5.74) is 2.66. The molecule has 0 fully saturated rings. The molecule has 0 saturated carbocycles. The van der Waals surface area contributed by atoms with Gasteiger partial charge in [0.2, 0.25) is 0 Å². The second-order valence-electron chi connectivity index (χ2n) is 2.98. The topological polar surface area (TPSA) is 41.6 Å². The zero-order valence-electron chi connectivity index (χ0n) is 7.53. The van der Waals surface area contributed by atoms with Crippen LogP contribution >= 0.6 is 12.2 Å². The van der Waals surface area contributed by atoms with Crippen LogP contribution in [-0.2, 0) is 0 Å². The molecular weight excluding hydrogens is 192 g/mol. The van der Waals surface area contributed by atoms with E-state index in [0.29, 0.717) is 32.6 Å². The second kappa shape index (κ2) is 3.20. The largest absolute Gasteiger partial charge is 0.352 e. The van der Waals surface area contributed by atoms with Gasteiger partial charge in [-0.15, -0.1) is 0 Å². The molecular formula is C8H5B2N3S. The Morgan fingerprint density at radius 2 is 2.07 bits per heavy atom. The first kappa shape index (κ1) is 9.40. The Balaban J connectivity index is 2.96. The lowest BCUT2D eigenvalue weighted by molar-refractivity contribution is 1.19. The fourth-order valence-electron chi connectivity index (χ4n) is 1.17. The van der Waals surface area contributed by atoms with Gasteiger partial charge in [-0.1, -0.05) is 12.2 Å². The monoisotopic (exact) mass is 197 g/mol. The lowest BCUT2D eigenvalue weighted by atomic mass is 10.0. The highest BCUT2D eigenvalue weighted by Gasteiger charge is 2.02. The Labute approximate surface area is 88.8 Å². The van der Waals surface area contributed by atoms with Gasteiger partial charge in [-0.25, -0.2) is 9.97 Å². The van der Waals surface area contributed by atoms with E-state index < -0.39 is 0 Å². The molecule has 0 aromatic carbocycles. The molecule has 0 aliphatic heterocycles. The van der Waals surface area contributed by atoms with Gasteiger partial charge in [0.1, 0.15) is 21.2 Å². The van der Waals surface area contributed by atoms with Crippen LogP contribution in [0.15, 0.2) is 6.07 Å². The summed E-state index contributed by atoms with van der Waals surface area (Å²) in [6, 6.07) is 1.64. The van der Waals surface area contributed by atoms with E-state index in [2.05, 4.69) is 15.0 Å². The normalized spacial score (nSPS) is 10.6. The lowest BCUT2D eigenvalue weighted by Gasteiger charge is -2.04. The molecule has 0 bridgehead atoms. The molecule has 0 amide bonds. The van der Waals surface area contributed by atoms with Crippen molar-refractivity contribution in [2.45, 2.75) is 6.92 Å². The lowest BCUT2D eigenvalue weighted by Crippen LogP contribution is -2.18. The Hall–Kier alpha value is -1.16. The highest BCUT2D eigenvalue weighted by atomic mass is 32.1. The number of aryl methyl sites for hydroxylation is 1. The number of rotatable bonds is 0. The van der Waals surface area contributed by atoms with Crippen LogP contribution in [0.3, 0.4) is 0 Å². The van der Waals surface area contributed by atoms with Crippen molar-refractivity contribution in [1.82, 2.24) is 15.0 Å². The van der Waals surface area contributed by atoms with Gasteiger partial charge in [-0.2, -0.15) is 0 Å². The van der Waals surface area contributed by atoms with Crippen LogP contribution in [0.2, 0.25) is 0 Å². The molecule has 0 atom stereocenters. The van der Waals surface area contributed by atoms with Crippen LogP contribution in [0.5, 0.6) is 0 Å². The fourth-order valence-corrected chi connectivity index (χ4v) is 1.44. The van der Waals surface area contributed by atoms with Crippen molar-refractivity contribution < 1.29 is 0 Å². The van der Waals surface area contributed by atoms with E-state index in [0.717, 1.165) is 0 Å². The molecule has 2 aromatic heterocycles. The predicted molar refractivity (Wildman–Crippen MR) is 60.2 cm³/mol. The van der Waals surface area contributed by atoms with Crippen molar-refractivity contribution in [3.8, 4) is 0 Å². The van der Waals surface area contributed by atoms with Gasteiger partial charge >= 0.3 is 0 Å². The summed E-state index contributed by atoms with van der Waals surface area (Å²) in [4.78, 5) is 11.2. The van der Waals surface area contributed by atoms with E-state index in [1.54, 1.807) is 13.0 Å². The van der Waals surface area contributed by atoms with Gasteiger partial charge in [0.05, 0.1) is 4.51 Å². The molecule has 2 heterocycles. The van der Waals surface area contributed by atoms with E-state index in [9.17, 15) is 0 Å². The summed E-state index contributed by atoms with van der Waals surface area (Å²) in [7, 11) is 11.2. The van der Waals surface area contributed by atoms with Crippen LogP contribution < -0.4 is 11.2 Å². The maximum absolute atomic E-state index is 5.62. The predicted octanol–water partition coefficient (Wildman–Crippen LogP) is -0.417. The number of nitrogens with zero attached hydrogens (tertiary/aromatic N) is 2. The number of fused-ring (bicyclic) bond motifs is 1. The maximum atomic E-state index is 5.62. The molecule has 6 heteroatoms. The fraction of sp³-hybridized carbons (Fsp3) is 0.125. The number of pyridine rings is 1. The first-order chi connectivity index (χ1) is 6.58. The molecule has 0 aliphatic carbocycles. The van der Waals surface area contributed by atoms with Crippen molar-refractivity contribution in [2.75, 3.05) is 0 Å². The van der Waals surface area contributed by atoms with E-state index in [1.165, 1.54) is 0 Å². The molecule has 0 aliphatic rings. The van der Waals surface area contributed by atoms with Gasteiger partial charge in [-0.05, 0) is 18.6 Å². The summed E-state index contributed by atoms with van der Waals surface area (Å²) in [6.45, 7) is 1.78. The van der Waals surface area contributed by atoms with E-state index in [1.807, 2.05) is 0 Å². The zero-order chi connectivity index (χ0) is 10.3. The SMILES string of the molecule is [B]c1cc(=S)c2nc(C)c([B])nc2[nH]1. The minimum absolute atomic E-state index is 0.383. The van der Waals surface area contributed by atoms with Crippen LogP contribution in [-0.4, -0.2) is 30.6 Å². The van der Waals surface area contributed by atoms with Crippen molar-refractivity contribution >= 4 is 50.3 Å². The molecule has 2 aromatic rings. The van der Waals surface area contributed by atoms with Crippen molar-refractivity contribution in [1.29, 1.82) is 0 Å². The summed E-state index contributed by atoms with van der Waals surface area (Å²) < 4.78 is 0.576. The maximum Gasteiger partial charge on any atom is 0.156 e. The van der Waals surface area contributed by atoms with Crippen LogP contribution in [0.1, 0.15) is 5.69 Å². The third kappa shape index (κ3) is 1.46. The highest BCUT2D eigenvalue weighted by molar-refractivity contribution is 7.71. The van der Waals surface area contributed by atoms with Crippen LogP contribution in [0.25, 0.3) is 11.2 Å². The molecule has 0 spiro atoms. The third-order valence-corrected chi connectivity index (χ3v) is 2.20. The molecule has 3 nitrogen and oxygen atoms in total.